The molecule has 3 heterocycles. The minimum atomic E-state index is -4.12. The van der Waals surface area contributed by atoms with E-state index in [4.69, 9.17) is 0 Å². The molecular formula is C29H32F3N3. The second kappa shape index (κ2) is 10.0. The Hall–Kier alpha value is -2.86. The zero-order chi connectivity index (χ0) is 24.4. The van der Waals surface area contributed by atoms with E-state index in [0.29, 0.717) is 19.0 Å². The van der Waals surface area contributed by atoms with E-state index in [1.165, 1.54) is 33.5 Å². The number of alkyl halides is 3. The van der Waals surface area contributed by atoms with Crippen molar-refractivity contribution < 1.29 is 13.2 Å². The fourth-order valence-corrected chi connectivity index (χ4v) is 5.76. The first-order valence-electron chi connectivity index (χ1n) is 12.6. The summed E-state index contributed by atoms with van der Waals surface area (Å²) >= 11 is 0. The molecule has 3 aromatic rings. The largest absolute Gasteiger partial charge is 0.401 e. The molecule has 0 bridgehead atoms. The highest BCUT2D eigenvalue weighted by Crippen LogP contribution is 2.39. The lowest BCUT2D eigenvalue weighted by molar-refractivity contribution is -0.147. The Kier molecular flexibility index (Phi) is 6.83. The molecule has 1 saturated heterocycles. The summed E-state index contributed by atoms with van der Waals surface area (Å²) in [5, 5.41) is 0. The van der Waals surface area contributed by atoms with Crippen LogP contribution >= 0.6 is 0 Å². The van der Waals surface area contributed by atoms with E-state index in [-0.39, 0.29) is 0 Å². The van der Waals surface area contributed by atoms with Crippen LogP contribution in [0.5, 0.6) is 0 Å². The van der Waals surface area contributed by atoms with Gasteiger partial charge in [-0.25, -0.2) is 0 Å². The average Bonchev–Trinajstić information content (AvgIpc) is 3.27. The molecule has 0 amide bonds. The Balaban J connectivity index is 1.32. The maximum Gasteiger partial charge on any atom is 0.401 e. The molecule has 6 heteroatoms. The van der Waals surface area contributed by atoms with E-state index in [1.54, 1.807) is 4.90 Å². The van der Waals surface area contributed by atoms with Crippen LogP contribution in [-0.2, 0) is 19.4 Å². The predicted molar refractivity (Wildman–Crippen MR) is 135 cm³/mol. The molecule has 0 atom stereocenters. The minimum Gasteiger partial charge on any atom is -0.366 e. The van der Waals surface area contributed by atoms with Crippen LogP contribution in [0.2, 0.25) is 0 Å². The molecule has 0 saturated carbocycles. The van der Waals surface area contributed by atoms with Crippen molar-refractivity contribution in [3.05, 3.63) is 83.0 Å². The number of para-hydroxylation sites is 1. The molecule has 0 unspecified atom stereocenters. The van der Waals surface area contributed by atoms with E-state index in [0.717, 1.165) is 44.5 Å². The summed E-state index contributed by atoms with van der Waals surface area (Å²) in [6.45, 7) is 4.23. The number of aromatic nitrogens is 1. The first-order chi connectivity index (χ1) is 16.9. The third-order valence-electron chi connectivity index (χ3n) is 7.42. The van der Waals surface area contributed by atoms with Gasteiger partial charge in [-0.2, -0.15) is 13.2 Å². The molecule has 2 aromatic carbocycles. The Morgan fingerprint density at radius 2 is 1.80 bits per heavy atom. The van der Waals surface area contributed by atoms with E-state index in [1.807, 2.05) is 18.3 Å². The molecule has 2 aliphatic rings. The zero-order valence-electron chi connectivity index (χ0n) is 20.2. The third-order valence-corrected chi connectivity index (χ3v) is 7.42. The highest BCUT2D eigenvalue weighted by Gasteiger charge is 2.33. The van der Waals surface area contributed by atoms with Gasteiger partial charge in [0.15, 0.2) is 0 Å². The van der Waals surface area contributed by atoms with Gasteiger partial charge in [-0.15, -0.1) is 0 Å². The van der Waals surface area contributed by atoms with Gasteiger partial charge in [0.2, 0.25) is 0 Å². The lowest BCUT2D eigenvalue weighted by Crippen LogP contribution is -2.39. The minimum absolute atomic E-state index is 0.340. The van der Waals surface area contributed by atoms with Crippen LogP contribution in [0.25, 0.3) is 11.3 Å². The predicted octanol–water partition coefficient (Wildman–Crippen LogP) is 6.62. The number of likely N-dealkylation sites (tertiary alicyclic amines) is 1. The van der Waals surface area contributed by atoms with Gasteiger partial charge in [0.05, 0.1) is 12.2 Å². The van der Waals surface area contributed by atoms with Gasteiger partial charge in [0, 0.05) is 30.5 Å². The Morgan fingerprint density at radius 3 is 2.51 bits per heavy atom. The first kappa shape index (κ1) is 23.9. The molecule has 3 nitrogen and oxygen atoms in total. The van der Waals surface area contributed by atoms with Crippen molar-refractivity contribution in [1.29, 1.82) is 0 Å². The van der Waals surface area contributed by atoms with Crippen LogP contribution < -0.4 is 4.90 Å². The second-order valence-corrected chi connectivity index (χ2v) is 9.75. The molecule has 1 fully saturated rings. The molecule has 2 aliphatic heterocycles. The SMILES string of the molecule is CCc1cc(CN2CCc3cccc(-c4ccccn4)c32)ccc1C1CCN(CC(F)(F)F)CC1. The van der Waals surface area contributed by atoms with Gasteiger partial charge in [-0.3, -0.25) is 9.88 Å². The van der Waals surface area contributed by atoms with E-state index in [9.17, 15) is 13.2 Å². The van der Waals surface area contributed by atoms with Crippen LogP contribution in [0.15, 0.2) is 60.8 Å². The van der Waals surface area contributed by atoms with E-state index >= 15 is 0 Å². The molecule has 0 radical (unpaired) electrons. The number of piperidine rings is 1. The maximum absolute atomic E-state index is 12.8. The van der Waals surface area contributed by atoms with Crippen molar-refractivity contribution in [2.24, 2.45) is 0 Å². The highest BCUT2D eigenvalue weighted by molar-refractivity contribution is 5.80. The Bertz CT molecular complexity index is 1150. The van der Waals surface area contributed by atoms with Gasteiger partial charge in [-0.05, 0) is 79.1 Å². The van der Waals surface area contributed by atoms with Crippen LogP contribution in [0.1, 0.15) is 47.9 Å². The molecule has 1 aromatic heterocycles. The molecule has 0 aliphatic carbocycles. The molecule has 35 heavy (non-hydrogen) atoms. The molecule has 0 N–H and O–H groups in total. The fourth-order valence-electron chi connectivity index (χ4n) is 5.76. The normalized spacial score (nSPS) is 17.1. The summed E-state index contributed by atoms with van der Waals surface area (Å²) in [4.78, 5) is 8.59. The highest BCUT2D eigenvalue weighted by atomic mass is 19.4. The number of anilines is 1. The zero-order valence-corrected chi connectivity index (χ0v) is 20.2. The summed E-state index contributed by atoms with van der Waals surface area (Å²) in [5.74, 6) is 0.340. The number of halogens is 3. The van der Waals surface area contributed by atoms with Gasteiger partial charge in [0.25, 0.3) is 0 Å². The number of benzene rings is 2. The number of pyridine rings is 1. The lowest BCUT2D eigenvalue weighted by atomic mass is 9.85. The van der Waals surface area contributed by atoms with Gasteiger partial charge < -0.3 is 4.90 Å². The van der Waals surface area contributed by atoms with Crippen molar-refractivity contribution in [1.82, 2.24) is 9.88 Å². The topological polar surface area (TPSA) is 19.4 Å². The number of hydrogen-bond donors (Lipinski definition) is 0. The Morgan fingerprint density at radius 1 is 0.971 bits per heavy atom. The number of nitrogens with zero attached hydrogens (tertiary/aromatic N) is 3. The summed E-state index contributed by atoms with van der Waals surface area (Å²) in [5.41, 5.74) is 8.75. The fraction of sp³-hybridized carbons (Fsp3) is 0.414. The number of hydrogen-bond acceptors (Lipinski definition) is 3. The van der Waals surface area contributed by atoms with E-state index < -0.39 is 12.7 Å². The summed E-state index contributed by atoms with van der Waals surface area (Å²) in [6, 6.07) is 19.3. The second-order valence-electron chi connectivity index (χ2n) is 9.75. The van der Waals surface area contributed by atoms with Crippen LogP contribution in [0, 0.1) is 0 Å². The summed E-state index contributed by atoms with van der Waals surface area (Å²) in [6.07, 6.45) is 1.26. The van der Waals surface area contributed by atoms with Crippen molar-refractivity contribution in [3.63, 3.8) is 0 Å². The van der Waals surface area contributed by atoms with E-state index in [2.05, 4.69) is 59.3 Å². The number of rotatable bonds is 6. The maximum atomic E-state index is 12.8. The molecule has 184 valence electrons. The quantitative estimate of drug-likeness (QED) is 0.396. The van der Waals surface area contributed by atoms with Crippen molar-refractivity contribution in [2.45, 2.75) is 51.2 Å². The van der Waals surface area contributed by atoms with Crippen molar-refractivity contribution in [2.75, 3.05) is 31.1 Å². The Labute approximate surface area is 205 Å². The molecule has 0 spiro atoms. The van der Waals surface area contributed by atoms with Gasteiger partial charge in [0.1, 0.15) is 0 Å². The van der Waals surface area contributed by atoms with Crippen LogP contribution in [0.3, 0.4) is 0 Å². The first-order valence-corrected chi connectivity index (χ1v) is 12.6. The van der Waals surface area contributed by atoms with Crippen molar-refractivity contribution in [3.8, 4) is 11.3 Å². The van der Waals surface area contributed by atoms with Gasteiger partial charge >= 0.3 is 6.18 Å². The molecule has 5 rings (SSSR count). The smallest absolute Gasteiger partial charge is 0.366 e. The average molecular weight is 480 g/mol. The van der Waals surface area contributed by atoms with Crippen LogP contribution in [0.4, 0.5) is 18.9 Å². The standard InChI is InChI=1S/C29H32F3N3/c1-2-22-18-21(9-10-25(22)23-11-15-34(16-12-23)20-29(30,31)32)19-35-17-13-24-6-5-7-26(28(24)35)27-8-3-4-14-33-27/h3-10,14,18,23H,2,11-13,15-17,19-20H2,1H3. The lowest BCUT2D eigenvalue weighted by Gasteiger charge is -2.33. The molecular weight excluding hydrogens is 447 g/mol. The third kappa shape index (κ3) is 5.37. The summed E-state index contributed by atoms with van der Waals surface area (Å²) < 4.78 is 38.3. The van der Waals surface area contributed by atoms with Gasteiger partial charge in [-0.1, -0.05) is 49.4 Å². The summed E-state index contributed by atoms with van der Waals surface area (Å²) in [7, 11) is 0. The number of aryl methyl sites for hydroxylation is 1. The number of fused-ring (bicyclic) bond motifs is 1. The van der Waals surface area contributed by atoms with Crippen LogP contribution in [-0.4, -0.2) is 42.2 Å². The van der Waals surface area contributed by atoms with Crippen molar-refractivity contribution >= 4 is 5.69 Å². The monoisotopic (exact) mass is 479 g/mol.